The third-order valence-corrected chi connectivity index (χ3v) is 5.05. The number of nitrogens with zero attached hydrogens (tertiary/aromatic N) is 5. The van der Waals surface area contributed by atoms with Crippen LogP contribution in [0.2, 0.25) is 0 Å². The van der Waals surface area contributed by atoms with Crippen LogP contribution in [0.1, 0.15) is 65.0 Å². The molecule has 2 aliphatic rings. The summed E-state index contributed by atoms with van der Waals surface area (Å²) in [6, 6.07) is 6.59. The Balaban J connectivity index is 0.000000442. The number of fused-ring (bicyclic) bond motifs is 1. The van der Waals surface area contributed by atoms with Gasteiger partial charge in [0.1, 0.15) is 11.8 Å². The predicted molar refractivity (Wildman–Crippen MR) is 126 cm³/mol. The summed E-state index contributed by atoms with van der Waals surface area (Å²) in [6.45, 7) is 8.69. The zero-order valence-corrected chi connectivity index (χ0v) is 18.9. The molecule has 8 heteroatoms. The van der Waals surface area contributed by atoms with E-state index in [0.717, 1.165) is 35.9 Å². The van der Waals surface area contributed by atoms with E-state index < -0.39 is 0 Å². The van der Waals surface area contributed by atoms with E-state index in [1.54, 1.807) is 0 Å². The lowest BCUT2D eigenvalue weighted by Gasteiger charge is -2.21. The molecule has 1 aliphatic carbocycles. The van der Waals surface area contributed by atoms with Crippen LogP contribution < -0.4 is 10.2 Å². The molecule has 1 atom stereocenters. The number of aromatic nitrogens is 5. The summed E-state index contributed by atoms with van der Waals surface area (Å²) in [5, 5.41) is 15.6. The topological polar surface area (TPSA) is 91.2 Å². The molecule has 31 heavy (non-hydrogen) atoms. The minimum absolute atomic E-state index is 0.484. The Labute approximate surface area is 184 Å². The van der Waals surface area contributed by atoms with Crippen LogP contribution in [0.5, 0.6) is 0 Å². The van der Waals surface area contributed by atoms with Crippen molar-refractivity contribution in [1.82, 2.24) is 24.8 Å². The van der Waals surface area contributed by atoms with Crippen LogP contribution in [0.25, 0.3) is 5.52 Å². The summed E-state index contributed by atoms with van der Waals surface area (Å²) >= 11 is 0. The average molecular weight is 424 g/mol. The first-order valence-electron chi connectivity index (χ1n) is 10.9. The molecule has 0 aromatic carbocycles. The number of carbonyl (C=O) groups is 1. The first-order valence-corrected chi connectivity index (χ1v) is 10.9. The van der Waals surface area contributed by atoms with Crippen molar-refractivity contribution in [2.24, 2.45) is 0 Å². The lowest BCUT2D eigenvalue weighted by atomic mass is 10.2. The number of hydrogen-bond acceptors (Lipinski definition) is 6. The lowest BCUT2D eigenvalue weighted by molar-refractivity contribution is -0.106. The number of hydrogen-bond donors (Lipinski definition) is 2. The van der Waals surface area contributed by atoms with E-state index in [4.69, 9.17) is 9.78 Å². The van der Waals surface area contributed by atoms with Crippen molar-refractivity contribution in [3.63, 3.8) is 0 Å². The van der Waals surface area contributed by atoms with Gasteiger partial charge in [0, 0.05) is 36.5 Å². The Bertz CT molecular complexity index is 971. The molecule has 1 saturated carbocycles. The maximum atomic E-state index is 8.81. The van der Waals surface area contributed by atoms with Gasteiger partial charge in [0.2, 0.25) is 5.95 Å². The summed E-state index contributed by atoms with van der Waals surface area (Å²) in [5.41, 5.74) is 2.17. The van der Waals surface area contributed by atoms with Gasteiger partial charge in [0.15, 0.2) is 11.6 Å². The molecule has 2 N–H and O–H groups in total. The number of aldehydes is 1. The summed E-state index contributed by atoms with van der Waals surface area (Å²) in [6.07, 6.45) is 15.6. The van der Waals surface area contributed by atoms with Crippen LogP contribution in [-0.2, 0) is 4.79 Å². The number of nitrogens with one attached hydrogen (secondary N) is 2. The van der Waals surface area contributed by atoms with Crippen LogP contribution in [-0.4, -0.2) is 43.7 Å². The third-order valence-electron chi connectivity index (χ3n) is 5.05. The van der Waals surface area contributed by atoms with E-state index in [1.165, 1.54) is 38.3 Å². The first kappa shape index (κ1) is 23.9. The van der Waals surface area contributed by atoms with Crippen molar-refractivity contribution in [2.45, 2.75) is 65.3 Å². The maximum absolute atomic E-state index is 8.81. The third kappa shape index (κ3) is 5.85. The van der Waals surface area contributed by atoms with Gasteiger partial charge >= 0.3 is 0 Å². The van der Waals surface area contributed by atoms with Gasteiger partial charge in [0.05, 0.1) is 0 Å². The van der Waals surface area contributed by atoms with Crippen molar-refractivity contribution in [3.8, 4) is 12.8 Å². The molecule has 1 aliphatic heterocycles. The number of anilines is 3. The van der Waals surface area contributed by atoms with E-state index in [2.05, 4.69) is 51.3 Å². The van der Waals surface area contributed by atoms with Gasteiger partial charge in [-0.05, 0) is 51.7 Å². The van der Waals surface area contributed by atoms with Crippen molar-refractivity contribution in [1.29, 1.82) is 0 Å². The van der Waals surface area contributed by atoms with E-state index in [9.17, 15) is 0 Å². The van der Waals surface area contributed by atoms with E-state index >= 15 is 0 Å². The fraction of sp³-hybridized carbons (Fsp3) is 0.478. The highest BCUT2D eigenvalue weighted by Gasteiger charge is 2.26. The van der Waals surface area contributed by atoms with Crippen LogP contribution in [0, 0.1) is 12.8 Å². The van der Waals surface area contributed by atoms with Crippen LogP contribution in [0.4, 0.5) is 17.6 Å². The second kappa shape index (κ2) is 11.7. The molecular formula is C23H33N7O. The Morgan fingerprint density at radius 3 is 2.58 bits per heavy atom. The molecule has 4 heterocycles. The van der Waals surface area contributed by atoms with E-state index in [0.29, 0.717) is 12.0 Å². The second-order valence-corrected chi connectivity index (χ2v) is 7.13. The molecule has 0 amide bonds. The SMILES string of the molecule is C#C.CC.CC=O.C[C@H]1CCCN1c1nc(Nc2cc(C3CC3)[nH]n2)c2cccn2n1. The lowest BCUT2D eigenvalue weighted by Crippen LogP contribution is -2.29. The first-order chi connectivity index (χ1) is 15.2. The van der Waals surface area contributed by atoms with E-state index in [-0.39, 0.29) is 0 Å². The number of terminal acetylenes is 1. The monoisotopic (exact) mass is 423 g/mol. The molecule has 5 rings (SSSR count). The number of rotatable bonds is 4. The number of H-pyrrole nitrogens is 1. The van der Waals surface area contributed by atoms with Gasteiger partial charge in [-0.3, -0.25) is 5.10 Å². The molecule has 2 fully saturated rings. The molecular weight excluding hydrogens is 390 g/mol. The van der Waals surface area contributed by atoms with Crippen molar-refractivity contribution < 1.29 is 4.79 Å². The second-order valence-electron chi connectivity index (χ2n) is 7.13. The minimum atomic E-state index is 0.484. The summed E-state index contributed by atoms with van der Waals surface area (Å²) < 4.78 is 1.89. The molecule has 3 aromatic rings. The molecule has 166 valence electrons. The zero-order chi connectivity index (χ0) is 22.8. The van der Waals surface area contributed by atoms with Crippen molar-refractivity contribution in [3.05, 3.63) is 30.1 Å². The standard InChI is InChI=1S/C17H21N7.C2H4O.C2H6.C2H2/c1-11-4-2-8-23(11)17-19-16(14-5-3-9-24(14)22-17)18-15-10-13(20-21-15)12-6-7-12;1-2-3;2*1-2/h3,5,9-12H,2,4,6-8H2,1H3,(H2,18,19,20,21,22);2H,1H3;1-2H3;1-2H/t11-;;;/m0.../s1. The smallest absolute Gasteiger partial charge is 0.245 e. The Morgan fingerprint density at radius 1 is 1.26 bits per heavy atom. The molecule has 0 spiro atoms. The van der Waals surface area contributed by atoms with E-state index in [1.807, 2.05) is 36.7 Å². The van der Waals surface area contributed by atoms with Gasteiger partial charge in [-0.2, -0.15) is 10.1 Å². The Kier molecular flexibility index (Phi) is 9.07. The molecule has 0 bridgehead atoms. The molecule has 3 aromatic heterocycles. The van der Waals surface area contributed by atoms with Crippen LogP contribution >= 0.6 is 0 Å². The molecule has 0 unspecified atom stereocenters. The molecule has 0 radical (unpaired) electrons. The summed E-state index contributed by atoms with van der Waals surface area (Å²) in [7, 11) is 0. The molecule has 8 nitrogen and oxygen atoms in total. The zero-order valence-electron chi connectivity index (χ0n) is 18.9. The minimum Gasteiger partial charge on any atom is -0.337 e. The summed E-state index contributed by atoms with van der Waals surface area (Å²) in [5.74, 6) is 3.06. The molecule has 1 saturated heterocycles. The summed E-state index contributed by atoms with van der Waals surface area (Å²) in [4.78, 5) is 15.9. The predicted octanol–water partition coefficient (Wildman–Crippen LogP) is 4.54. The normalized spacial score (nSPS) is 16.8. The highest BCUT2D eigenvalue weighted by Crippen LogP contribution is 2.39. The van der Waals surface area contributed by atoms with Crippen molar-refractivity contribution in [2.75, 3.05) is 16.8 Å². The van der Waals surface area contributed by atoms with Gasteiger partial charge in [-0.15, -0.1) is 17.9 Å². The highest BCUT2D eigenvalue weighted by molar-refractivity contribution is 5.73. The largest absolute Gasteiger partial charge is 0.337 e. The maximum Gasteiger partial charge on any atom is 0.245 e. The highest BCUT2D eigenvalue weighted by atomic mass is 16.1. The number of carbonyl (C=O) groups excluding carboxylic acids is 1. The van der Waals surface area contributed by atoms with Crippen LogP contribution in [0.3, 0.4) is 0 Å². The average Bonchev–Trinajstić information content (AvgIpc) is 3.16. The van der Waals surface area contributed by atoms with Gasteiger partial charge in [-0.25, -0.2) is 4.52 Å². The van der Waals surface area contributed by atoms with Gasteiger partial charge in [0.25, 0.3) is 0 Å². The van der Waals surface area contributed by atoms with Gasteiger partial charge in [-0.1, -0.05) is 13.8 Å². The fourth-order valence-corrected chi connectivity index (χ4v) is 3.49. The van der Waals surface area contributed by atoms with Gasteiger partial charge < -0.3 is 15.0 Å². The Morgan fingerprint density at radius 2 is 1.97 bits per heavy atom. The Hall–Kier alpha value is -3.34. The van der Waals surface area contributed by atoms with Crippen molar-refractivity contribution >= 4 is 29.4 Å². The number of aromatic amines is 1. The van der Waals surface area contributed by atoms with Crippen LogP contribution in [0.15, 0.2) is 24.4 Å². The quantitative estimate of drug-likeness (QED) is 0.473. The fourth-order valence-electron chi connectivity index (χ4n) is 3.49.